The van der Waals surface area contributed by atoms with Gasteiger partial charge in [-0.15, -0.1) is 0 Å². The summed E-state index contributed by atoms with van der Waals surface area (Å²) in [4.78, 5) is 14.4. The second kappa shape index (κ2) is 6.27. The Balaban J connectivity index is 2.30. The van der Waals surface area contributed by atoms with Crippen LogP contribution in [0.5, 0.6) is 0 Å². The maximum absolute atomic E-state index is 12.5. The summed E-state index contributed by atoms with van der Waals surface area (Å²) in [6.45, 7) is 0.774. The van der Waals surface area contributed by atoms with Gasteiger partial charge in [0, 0.05) is 17.9 Å². The lowest BCUT2D eigenvalue weighted by atomic mass is 10.0. The molecule has 2 nitrogen and oxygen atoms in total. The molecule has 18 heavy (non-hydrogen) atoms. The van der Waals surface area contributed by atoms with Gasteiger partial charge in [0.05, 0.1) is 15.6 Å². The van der Waals surface area contributed by atoms with Crippen LogP contribution in [-0.2, 0) is 0 Å². The molecule has 0 aromatic heterocycles. The Morgan fingerprint density at radius 2 is 2.00 bits per heavy atom. The second-order valence-corrected chi connectivity index (χ2v) is 5.86. The molecule has 98 valence electrons. The number of halogens is 3. The smallest absolute Gasteiger partial charge is 0.257 e. The molecular weight excluding hydrogens is 337 g/mol. The van der Waals surface area contributed by atoms with E-state index in [4.69, 9.17) is 23.2 Å². The van der Waals surface area contributed by atoms with Gasteiger partial charge in [0.15, 0.2) is 0 Å². The quantitative estimate of drug-likeness (QED) is 0.724. The van der Waals surface area contributed by atoms with Gasteiger partial charge in [-0.25, -0.2) is 0 Å². The number of alkyl halides is 1. The number of carbonyl (C=O) groups excluding carboxylic acids is 1. The number of piperidine rings is 1. The van der Waals surface area contributed by atoms with Crippen LogP contribution in [0.3, 0.4) is 0 Å². The molecule has 1 aromatic carbocycles. The van der Waals surface area contributed by atoms with Crippen LogP contribution in [0.2, 0.25) is 10.0 Å². The number of nitrogens with zero attached hydrogens (tertiary/aromatic N) is 1. The number of carbonyl (C=O) groups is 1. The molecule has 0 saturated carbocycles. The van der Waals surface area contributed by atoms with Crippen molar-refractivity contribution >= 4 is 45.0 Å². The van der Waals surface area contributed by atoms with E-state index >= 15 is 0 Å². The maximum atomic E-state index is 12.5. The first-order valence-corrected chi connectivity index (χ1v) is 7.84. The number of hydrogen-bond donors (Lipinski definition) is 0. The lowest BCUT2D eigenvalue weighted by Crippen LogP contribution is -2.44. The van der Waals surface area contributed by atoms with E-state index in [0.29, 0.717) is 15.6 Å². The number of likely N-dealkylation sites (tertiary alicyclic amines) is 1. The van der Waals surface area contributed by atoms with Crippen LogP contribution in [0.25, 0.3) is 0 Å². The third-order valence-corrected chi connectivity index (χ3v) is 4.62. The molecule has 1 heterocycles. The van der Waals surface area contributed by atoms with Gasteiger partial charge in [-0.2, -0.15) is 0 Å². The predicted octanol–water partition coefficient (Wildman–Crippen LogP) is 4.38. The van der Waals surface area contributed by atoms with Crippen LogP contribution in [0.4, 0.5) is 0 Å². The predicted molar refractivity (Wildman–Crippen MR) is 78.9 cm³/mol. The van der Waals surface area contributed by atoms with Gasteiger partial charge in [-0.1, -0.05) is 45.2 Å². The van der Waals surface area contributed by atoms with Crippen molar-refractivity contribution in [2.24, 2.45) is 0 Å². The van der Waals surface area contributed by atoms with E-state index in [1.807, 2.05) is 4.90 Å². The highest BCUT2D eigenvalue weighted by molar-refractivity contribution is 9.09. The Bertz CT molecular complexity index is 432. The minimum atomic E-state index is -0.0604. The zero-order chi connectivity index (χ0) is 13.1. The van der Waals surface area contributed by atoms with Crippen LogP contribution < -0.4 is 0 Å². The van der Waals surface area contributed by atoms with Crippen LogP contribution in [0.15, 0.2) is 18.2 Å². The fraction of sp³-hybridized carbons (Fsp3) is 0.462. The first-order chi connectivity index (χ1) is 8.65. The summed E-state index contributed by atoms with van der Waals surface area (Å²) in [6, 6.07) is 5.39. The lowest BCUT2D eigenvalue weighted by Gasteiger charge is -2.35. The molecule has 0 bridgehead atoms. The summed E-state index contributed by atoms with van der Waals surface area (Å²) < 4.78 is 0. The van der Waals surface area contributed by atoms with E-state index < -0.39 is 0 Å². The maximum Gasteiger partial charge on any atom is 0.257 e. The molecule has 0 aliphatic carbocycles. The van der Waals surface area contributed by atoms with Crippen molar-refractivity contribution in [3.63, 3.8) is 0 Å². The fourth-order valence-electron chi connectivity index (χ4n) is 2.27. The molecule has 0 N–H and O–H groups in total. The van der Waals surface area contributed by atoms with Crippen LogP contribution in [0, 0.1) is 0 Å². The summed E-state index contributed by atoms with van der Waals surface area (Å²) in [5.41, 5.74) is 0.425. The fourth-order valence-corrected chi connectivity index (χ4v) is 3.51. The molecule has 2 rings (SSSR count). The first kappa shape index (κ1) is 14.2. The van der Waals surface area contributed by atoms with Crippen molar-refractivity contribution in [1.82, 2.24) is 4.90 Å². The summed E-state index contributed by atoms with van der Waals surface area (Å²) >= 11 is 15.7. The average Bonchev–Trinajstić information content (AvgIpc) is 2.38. The summed E-state index contributed by atoms with van der Waals surface area (Å²) in [6.07, 6.45) is 3.23. The van der Waals surface area contributed by atoms with Crippen molar-refractivity contribution in [3.05, 3.63) is 33.8 Å². The van der Waals surface area contributed by atoms with Crippen molar-refractivity contribution in [3.8, 4) is 0 Å². The molecule has 1 saturated heterocycles. The van der Waals surface area contributed by atoms with Crippen molar-refractivity contribution < 1.29 is 4.79 Å². The molecular formula is C13H14BrCl2NO. The van der Waals surface area contributed by atoms with E-state index in [2.05, 4.69) is 15.9 Å². The van der Waals surface area contributed by atoms with Gasteiger partial charge in [-0.3, -0.25) is 4.79 Å². The van der Waals surface area contributed by atoms with E-state index in [9.17, 15) is 4.79 Å². The molecule has 1 aliphatic heterocycles. The van der Waals surface area contributed by atoms with Gasteiger partial charge in [0.25, 0.3) is 5.91 Å². The van der Waals surface area contributed by atoms with Crippen LogP contribution in [-0.4, -0.2) is 28.7 Å². The SMILES string of the molecule is O=C(c1c(Cl)cccc1Cl)N1CCCCC1CBr. The van der Waals surface area contributed by atoms with E-state index in [1.54, 1.807) is 18.2 Å². The molecule has 0 radical (unpaired) electrons. The molecule has 1 amide bonds. The third kappa shape index (κ3) is 2.84. The second-order valence-electron chi connectivity index (χ2n) is 4.40. The number of amides is 1. The monoisotopic (exact) mass is 349 g/mol. The van der Waals surface area contributed by atoms with Crippen LogP contribution in [0.1, 0.15) is 29.6 Å². The molecule has 1 aromatic rings. The van der Waals surface area contributed by atoms with Gasteiger partial charge < -0.3 is 4.90 Å². The van der Waals surface area contributed by atoms with Gasteiger partial charge in [0.2, 0.25) is 0 Å². The van der Waals surface area contributed by atoms with E-state index in [0.717, 1.165) is 31.1 Å². The van der Waals surface area contributed by atoms with Crippen molar-refractivity contribution in [2.45, 2.75) is 25.3 Å². The number of rotatable bonds is 2. The highest BCUT2D eigenvalue weighted by Crippen LogP contribution is 2.28. The van der Waals surface area contributed by atoms with Crippen molar-refractivity contribution in [2.75, 3.05) is 11.9 Å². The zero-order valence-electron chi connectivity index (χ0n) is 9.83. The topological polar surface area (TPSA) is 20.3 Å². The van der Waals surface area contributed by atoms with Crippen LogP contribution >= 0.6 is 39.1 Å². The molecule has 5 heteroatoms. The average molecular weight is 351 g/mol. The van der Waals surface area contributed by atoms with E-state index in [1.165, 1.54) is 0 Å². The molecule has 0 spiro atoms. The highest BCUT2D eigenvalue weighted by atomic mass is 79.9. The van der Waals surface area contributed by atoms with Crippen molar-refractivity contribution in [1.29, 1.82) is 0 Å². The standard InChI is InChI=1S/C13H14BrCl2NO/c14-8-9-4-1-2-7-17(9)13(18)12-10(15)5-3-6-11(12)16/h3,5-6,9H,1-2,4,7-8H2. The first-order valence-electron chi connectivity index (χ1n) is 5.96. The number of benzene rings is 1. The Hall–Kier alpha value is -0.250. The largest absolute Gasteiger partial charge is 0.335 e. The Labute approximate surface area is 125 Å². The summed E-state index contributed by atoms with van der Waals surface area (Å²) in [5.74, 6) is -0.0604. The lowest BCUT2D eigenvalue weighted by molar-refractivity contribution is 0.0642. The molecule has 1 atom stereocenters. The van der Waals surface area contributed by atoms with Gasteiger partial charge in [0.1, 0.15) is 0 Å². The molecule has 1 aliphatic rings. The highest BCUT2D eigenvalue weighted by Gasteiger charge is 2.28. The minimum Gasteiger partial charge on any atom is -0.335 e. The minimum absolute atomic E-state index is 0.0604. The molecule has 1 unspecified atom stereocenters. The van der Waals surface area contributed by atoms with Gasteiger partial charge >= 0.3 is 0 Å². The third-order valence-electron chi connectivity index (χ3n) is 3.24. The molecule has 1 fully saturated rings. The number of hydrogen-bond acceptors (Lipinski definition) is 1. The summed E-state index contributed by atoms with van der Waals surface area (Å²) in [7, 11) is 0. The van der Waals surface area contributed by atoms with Gasteiger partial charge in [-0.05, 0) is 31.4 Å². The zero-order valence-corrected chi connectivity index (χ0v) is 12.9. The summed E-state index contributed by atoms with van der Waals surface area (Å²) in [5, 5.41) is 1.64. The Kier molecular flexibility index (Phi) is 4.93. The van der Waals surface area contributed by atoms with E-state index in [-0.39, 0.29) is 11.9 Å². The normalized spacial score (nSPS) is 19.9. The Morgan fingerprint density at radius 1 is 1.33 bits per heavy atom. The Morgan fingerprint density at radius 3 is 2.61 bits per heavy atom.